The first kappa shape index (κ1) is 9.85. The fourth-order valence-electron chi connectivity index (χ4n) is 1.10. The molecule has 0 fully saturated rings. The Kier molecular flexibility index (Phi) is 2.51. The fraction of sp³-hybridized carbons (Fsp3) is 0.111. The van der Waals surface area contributed by atoms with Crippen molar-refractivity contribution in [1.82, 2.24) is 5.16 Å². The van der Waals surface area contributed by atoms with Crippen LogP contribution in [0.1, 0.15) is 5.69 Å². The van der Waals surface area contributed by atoms with Crippen LogP contribution in [-0.2, 0) is 10.8 Å². The number of hydrogen-bond acceptors (Lipinski definition) is 4. The normalized spacial score (nSPS) is 12.6. The van der Waals surface area contributed by atoms with Crippen LogP contribution in [0.5, 0.6) is 0 Å². The lowest BCUT2D eigenvalue weighted by molar-refractivity contribution is -0.807. The van der Waals surface area contributed by atoms with Crippen LogP contribution < -0.4 is 4.90 Å². The zero-order chi connectivity index (χ0) is 10.8. The van der Waals surface area contributed by atoms with Crippen molar-refractivity contribution in [3.05, 3.63) is 41.2 Å². The van der Waals surface area contributed by atoms with Crippen LogP contribution >= 0.6 is 0 Å². The van der Waals surface area contributed by atoms with E-state index in [-0.39, 0.29) is 15.6 Å². The van der Waals surface area contributed by atoms with E-state index in [0.29, 0.717) is 4.90 Å². The van der Waals surface area contributed by atoms with Gasteiger partial charge in [0.1, 0.15) is 10.8 Å². The average molecular weight is 224 g/mol. The van der Waals surface area contributed by atoms with Crippen LogP contribution in [0.3, 0.4) is 0 Å². The Morgan fingerprint density at radius 2 is 2.07 bits per heavy atom. The lowest BCUT2D eigenvalue weighted by Crippen LogP contribution is -2.26. The van der Waals surface area contributed by atoms with Crippen LogP contribution in [0, 0.1) is 12.1 Å². The number of hydrogen-bond donors (Lipinski definition) is 0. The summed E-state index contributed by atoms with van der Waals surface area (Å²) in [6, 6.07) is 8.78. The van der Waals surface area contributed by atoms with E-state index in [9.17, 15) is 9.42 Å². The first-order valence-electron chi connectivity index (χ1n) is 4.23. The molecule has 0 saturated carbocycles. The highest BCUT2D eigenvalue weighted by Gasteiger charge is 2.22. The van der Waals surface area contributed by atoms with E-state index in [4.69, 9.17) is 0 Å². The second-order valence-electron chi connectivity index (χ2n) is 2.90. The lowest BCUT2D eigenvalue weighted by Gasteiger charge is -1.94. The maximum atomic E-state index is 11.9. The fourth-order valence-corrected chi connectivity index (χ4v) is 2.17. The maximum Gasteiger partial charge on any atom is 0.311 e. The van der Waals surface area contributed by atoms with Gasteiger partial charge < -0.3 is 5.21 Å². The second-order valence-corrected chi connectivity index (χ2v) is 4.30. The maximum absolute atomic E-state index is 11.9. The highest BCUT2D eigenvalue weighted by molar-refractivity contribution is 7.85. The number of aromatic nitrogens is 2. The molecule has 0 bridgehead atoms. The van der Waals surface area contributed by atoms with Gasteiger partial charge in [-0.3, -0.25) is 4.63 Å². The molecule has 1 heterocycles. The van der Waals surface area contributed by atoms with Crippen LogP contribution in [0.4, 0.5) is 0 Å². The summed E-state index contributed by atoms with van der Waals surface area (Å²) in [5.41, 5.74) is 0.220. The van der Waals surface area contributed by atoms with E-state index >= 15 is 0 Å². The van der Waals surface area contributed by atoms with Gasteiger partial charge >= 0.3 is 5.03 Å². The summed E-state index contributed by atoms with van der Waals surface area (Å²) in [6.07, 6.45) is 0. The highest BCUT2D eigenvalue weighted by atomic mass is 32.2. The molecule has 2 aromatic rings. The van der Waals surface area contributed by atoms with Crippen molar-refractivity contribution in [1.29, 1.82) is 0 Å². The van der Waals surface area contributed by atoms with Gasteiger partial charge in [0, 0.05) is 11.8 Å². The van der Waals surface area contributed by atoms with E-state index < -0.39 is 10.8 Å². The van der Waals surface area contributed by atoms with Crippen LogP contribution in [0.15, 0.2) is 44.9 Å². The van der Waals surface area contributed by atoms with Gasteiger partial charge in [0.2, 0.25) is 5.69 Å². The highest BCUT2D eigenvalue weighted by Crippen LogP contribution is 2.14. The van der Waals surface area contributed by atoms with E-state index in [1.165, 1.54) is 6.92 Å². The zero-order valence-corrected chi connectivity index (χ0v) is 8.73. The van der Waals surface area contributed by atoms with Crippen molar-refractivity contribution in [3.63, 3.8) is 0 Å². The van der Waals surface area contributed by atoms with Crippen molar-refractivity contribution in [2.75, 3.05) is 0 Å². The molecule has 1 aromatic heterocycles. The van der Waals surface area contributed by atoms with Gasteiger partial charge in [-0.2, -0.15) is 0 Å². The summed E-state index contributed by atoms with van der Waals surface area (Å²) < 4.78 is 16.3. The van der Waals surface area contributed by atoms with Gasteiger partial charge in [-0.05, 0) is 17.0 Å². The SMILES string of the molecule is Cc1c(S(=O)c2ccccc2)no[n+]1[O-]. The van der Waals surface area contributed by atoms with E-state index in [1.54, 1.807) is 24.3 Å². The van der Waals surface area contributed by atoms with Gasteiger partial charge in [-0.15, -0.1) is 0 Å². The van der Waals surface area contributed by atoms with Crippen molar-refractivity contribution in [2.45, 2.75) is 16.8 Å². The molecule has 0 saturated heterocycles. The Bertz CT molecular complexity index is 495. The van der Waals surface area contributed by atoms with E-state index in [0.717, 1.165) is 0 Å². The van der Waals surface area contributed by atoms with Gasteiger partial charge in [0.15, 0.2) is 0 Å². The van der Waals surface area contributed by atoms with Crippen LogP contribution in [-0.4, -0.2) is 9.37 Å². The smallest absolute Gasteiger partial charge is 0.311 e. The summed E-state index contributed by atoms with van der Waals surface area (Å²) in [5.74, 6) is 0. The Morgan fingerprint density at radius 1 is 1.40 bits per heavy atom. The molecule has 5 nitrogen and oxygen atoms in total. The average Bonchev–Trinajstić information content (AvgIpc) is 2.60. The molecule has 0 spiro atoms. The van der Waals surface area contributed by atoms with Crippen molar-refractivity contribution in [3.8, 4) is 0 Å². The molecule has 0 amide bonds. The summed E-state index contributed by atoms with van der Waals surface area (Å²) >= 11 is 0. The molecule has 0 aliphatic carbocycles. The lowest BCUT2D eigenvalue weighted by atomic mass is 10.4. The predicted octanol–water partition coefficient (Wildman–Crippen LogP) is 0.783. The minimum atomic E-state index is -1.46. The molecule has 0 N–H and O–H groups in total. The minimum absolute atomic E-state index is 0.163. The summed E-state index contributed by atoms with van der Waals surface area (Å²) in [5, 5.41) is 14.6. The van der Waals surface area contributed by atoms with Crippen LogP contribution in [0.2, 0.25) is 0 Å². The Labute approximate surface area is 88.3 Å². The molecular weight excluding hydrogens is 216 g/mol. The number of nitrogens with zero attached hydrogens (tertiary/aromatic N) is 2. The zero-order valence-electron chi connectivity index (χ0n) is 7.91. The summed E-state index contributed by atoms with van der Waals surface area (Å²) in [7, 11) is -1.46. The Hall–Kier alpha value is -1.69. The first-order chi connectivity index (χ1) is 7.20. The van der Waals surface area contributed by atoms with E-state index in [2.05, 4.69) is 9.79 Å². The molecule has 0 aliphatic rings. The number of benzene rings is 1. The minimum Gasteiger partial charge on any atom is -0.359 e. The van der Waals surface area contributed by atoms with Crippen molar-refractivity contribution < 1.29 is 13.7 Å². The molecule has 1 atom stereocenters. The van der Waals surface area contributed by atoms with Crippen molar-refractivity contribution in [2.24, 2.45) is 0 Å². The van der Waals surface area contributed by atoms with E-state index in [1.807, 2.05) is 6.07 Å². The third-order valence-electron chi connectivity index (χ3n) is 1.91. The van der Waals surface area contributed by atoms with Gasteiger partial charge in [0.25, 0.3) is 0 Å². The molecule has 2 rings (SSSR count). The second kappa shape index (κ2) is 3.82. The summed E-state index contributed by atoms with van der Waals surface area (Å²) in [4.78, 5) is 0.838. The third kappa shape index (κ3) is 1.75. The molecule has 6 heteroatoms. The molecule has 78 valence electrons. The first-order valence-corrected chi connectivity index (χ1v) is 5.38. The van der Waals surface area contributed by atoms with Crippen LogP contribution in [0.25, 0.3) is 0 Å². The Morgan fingerprint density at radius 3 is 2.60 bits per heavy atom. The van der Waals surface area contributed by atoms with Gasteiger partial charge in [-0.1, -0.05) is 18.2 Å². The molecular formula is C9H8N2O3S. The third-order valence-corrected chi connectivity index (χ3v) is 3.34. The predicted molar refractivity (Wildman–Crippen MR) is 51.3 cm³/mol. The molecule has 15 heavy (non-hydrogen) atoms. The molecule has 0 aliphatic heterocycles. The quantitative estimate of drug-likeness (QED) is 0.707. The Balaban J connectivity index is 2.42. The summed E-state index contributed by atoms with van der Waals surface area (Å²) in [6.45, 7) is 1.51. The van der Waals surface area contributed by atoms with Gasteiger partial charge in [0.05, 0.1) is 5.16 Å². The van der Waals surface area contributed by atoms with Gasteiger partial charge in [-0.25, -0.2) is 4.21 Å². The largest absolute Gasteiger partial charge is 0.359 e. The topological polar surface area (TPSA) is 70.0 Å². The molecule has 1 aromatic carbocycles. The molecule has 1 unspecified atom stereocenters. The number of rotatable bonds is 2. The molecule has 0 radical (unpaired) electrons. The van der Waals surface area contributed by atoms with Crippen molar-refractivity contribution >= 4 is 10.8 Å². The standard InChI is InChI=1S/C9H8N2O3S/c1-7-9(10-14-11(7)12)15(13)8-5-3-2-4-6-8/h2-6H,1H3. The monoisotopic (exact) mass is 224 g/mol.